The molecule has 1 rings (SSSR count). The molecule has 0 saturated heterocycles. The van der Waals surface area contributed by atoms with Gasteiger partial charge in [0.2, 0.25) is 0 Å². The van der Waals surface area contributed by atoms with Crippen molar-refractivity contribution in [2.24, 2.45) is 0 Å². The maximum Gasteiger partial charge on any atom is 0.508 e. The van der Waals surface area contributed by atoms with Crippen molar-refractivity contribution in [2.45, 2.75) is 6.61 Å². The molecule has 1 aromatic heterocycles. The van der Waals surface area contributed by atoms with E-state index in [0.717, 1.165) is 4.88 Å². The number of hydrogen-bond donors (Lipinski definition) is 0. The topological polar surface area (TPSA) is 35.5 Å². The van der Waals surface area contributed by atoms with Crippen LogP contribution in [0.1, 0.15) is 4.88 Å². The number of ether oxygens (including phenoxy) is 2. The van der Waals surface area contributed by atoms with Crippen LogP contribution in [-0.2, 0) is 16.1 Å². The largest absolute Gasteiger partial charge is 0.508 e. The van der Waals surface area contributed by atoms with Crippen LogP contribution in [0.25, 0.3) is 0 Å². The number of thiophene rings is 1. The van der Waals surface area contributed by atoms with E-state index in [4.69, 9.17) is 0 Å². The molecule has 0 aliphatic carbocycles. The van der Waals surface area contributed by atoms with Crippen LogP contribution >= 0.6 is 11.3 Å². The van der Waals surface area contributed by atoms with E-state index >= 15 is 0 Å². The first kappa shape index (κ1) is 8.07. The fourth-order valence-electron chi connectivity index (χ4n) is 0.584. The summed E-state index contributed by atoms with van der Waals surface area (Å²) in [4.78, 5) is 11.5. The van der Waals surface area contributed by atoms with E-state index in [1.54, 1.807) is 11.3 Å². The molecule has 0 radical (unpaired) electrons. The molecule has 0 amide bonds. The zero-order valence-electron chi connectivity index (χ0n) is 6.07. The molecule has 0 fully saturated rings. The van der Waals surface area contributed by atoms with E-state index in [-0.39, 0.29) is 0 Å². The first-order chi connectivity index (χ1) is 5.33. The molecule has 4 heteroatoms. The number of carbonyl (C=O) groups excluding carboxylic acids is 1. The van der Waals surface area contributed by atoms with Gasteiger partial charge in [0.25, 0.3) is 0 Å². The minimum absolute atomic E-state index is 0.296. The van der Waals surface area contributed by atoms with Crippen LogP contribution in [0.2, 0.25) is 0 Å². The molecular formula is C7H8O3S. The summed E-state index contributed by atoms with van der Waals surface area (Å²) >= 11 is 1.54. The second-order valence-electron chi connectivity index (χ2n) is 1.82. The van der Waals surface area contributed by atoms with Gasteiger partial charge in [0.1, 0.15) is 6.61 Å². The molecule has 0 aromatic carbocycles. The van der Waals surface area contributed by atoms with Gasteiger partial charge in [-0.25, -0.2) is 4.79 Å². The van der Waals surface area contributed by atoms with Gasteiger partial charge in [0.05, 0.1) is 7.11 Å². The lowest BCUT2D eigenvalue weighted by Gasteiger charge is -1.98. The SMILES string of the molecule is COC(=O)OCc1cccs1. The van der Waals surface area contributed by atoms with Crippen molar-refractivity contribution in [1.82, 2.24) is 0 Å². The Balaban J connectivity index is 2.29. The van der Waals surface area contributed by atoms with E-state index in [0.29, 0.717) is 6.61 Å². The van der Waals surface area contributed by atoms with Crippen LogP contribution in [0.4, 0.5) is 4.79 Å². The lowest BCUT2D eigenvalue weighted by Crippen LogP contribution is -2.02. The molecule has 11 heavy (non-hydrogen) atoms. The summed E-state index contributed by atoms with van der Waals surface area (Å²) in [5.74, 6) is 0. The molecular weight excluding hydrogens is 164 g/mol. The Morgan fingerprint density at radius 2 is 2.55 bits per heavy atom. The van der Waals surface area contributed by atoms with Gasteiger partial charge < -0.3 is 9.47 Å². The molecule has 3 nitrogen and oxygen atoms in total. The van der Waals surface area contributed by atoms with Gasteiger partial charge in [-0.2, -0.15) is 0 Å². The fraction of sp³-hybridized carbons (Fsp3) is 0.286. The molecule has 0 bridgehead atoms. The predicted molar refractivity (Wildman–Crippen MR) is 41.5 cm³/mol. The van der Waals surface area contributed by atoms with Crippen molar-refractivity contribution in [2.75, 3.05) is 7.11 Å². The average Bonchev–Trinajstić information content (AvgIpc) is 2.52. The van der Waals surface area contributed by atoms with Gasteiger partial charge in [-0.3, -0.25) is 0 Å². The zero-order valence-corrected chi connectivity index (χ0v) is 6.89. The van der Waals surface area contributed by atoms with Crippen LogP contribution < -0.4 is 0 Å². The molecule has 0 atom stereocenters. The summed E-state index contributed by atoms with van der Waals surface area (Å²) in [6.07, 6.45) is -0.640. The number of rotatable bonds is 2. The predicted octanol–water partition coefficient (Wildman–Crippen LogP) is 2.03. The Kier molecular flexibility index (Phi) is 2.92. The van der Waals surface area contributed by atoms with Crippen molar-refractivity contribution in [1.29, 1.82) is 0 Å². The third kappa shape index (κ3) is 2.59. The van der Waals surface area contributed by atoms with Crippen LogP contribution in [0, 0.1) is 0 Å². The Bertz CT molecular complexity index is 218. The minimum Gasteiger partial charge on any atom is -0.438 e. The number of methoxy groups -OCH3 is 1. The highest BCUT2D eigenvalue weighted by Crippen LogP contribution is 2.09. The lowest BCUT2D eigenvalue weighted by atomic mass is 10.5. The lowest BCUT2D eigenvalue weighted by molar-refractivity contribution is 0.0677. The number of hydrogen-bond acceptors (Lipinski definition) is 4. The Morgan fingerprint density at radius 3 is 3.09 bits per heavy atom. The van der Waals surface area contributed by atoms with Gasteiger partial charge in [-0.1, -0.05) is 6.07 Å². The second kappa shape index (κ2) is 3.98. The molecule has 60 valence electrons. The maximum absolute atomic E-state index is 10.5. The normalized spacial score (nSPS) is 9.18. The first-order valence-electron chi connectivity index (χ1n) is 3.06. The monoisotopic (exact) mass is 172 g/mol. The summed E-state index contributed by atoms with van der Waals surface area (Å²) in [5.41, 5.74) is 0. The van der Waals surface area contributed by atoms with Crippen LogP contribution in [0.15, 0.2) is 17.5 Å². The molecule has 0 spiro atoms. The summed E-state index contributed by atoms with van der Waals surface area (Å²) < 4.78 is 8.98. The third-order valence-corrected chi connectivity index (χ3v) is 1.93. The van der Waals surface area contributed by atoms with Gasteiger partial charge in [0, 0.05) is 4.88 Å². The van der Waals surface area contributed by atoms with E-state index in [1.165, 1.54) is 7.11 Å². The second-order valence-corrected chi connectivity index (χ2v) is 2.85. The Hall–Kier alpha value is -1.03. The molecule has 1 heterocycles. The molecule has 0 unspecified atom stereocenters. The minimum atomic E-state index is -0.640. The molecule has 0 saturated carbocycles. The van der Waals surface area contributed by atoms with Crippen molar-refractivity contribution in [3.63, 3.8) is 0 Å². The highest BCUT2D eigenvalue weighted by molar-refractivity contribution is 7.09. The third-order valence-electron chi connectivity index (χ3n) is 1.08. The van der Waals surface area contributed by atoms with Crippen LogP contribution in [0.3, 0.4) is 0 Å². The quantitative estimate of drug-likeness (QED) is 0.640. The van der Waals surface area contributed by atoms with Crippen LogP contribution in [0.5, 0.6) is 0 Å². The molecule has 0 N–H and O–H groups in total. The summed E-state index contributed by atoms with van der Waals surface area (Å²) in [6, 6.07) is 3.80. The van der Waals surface area contributed by atoms with Gasteiger partial charge in [-0.05, 0) is 11.4 Å². The van der Waals surface area contributed by atoms with Crippen molar-refractivity contribution in [3.05, 3.63) is 22.4 Å². The molecule has 0 aliphatic rings. The van der Waals surface area contributed by atoms with E-state index in [1.807, 2.05) is 17.5 Å². The highest BCUT2D eigenvalue weighted by atomic mass is 32.1. The van der Waals surface area contributed by atoms with Gasteiger partial charge in [-0.15, -0.1) is 11.3 Å². The summed E-state index contributed by atoms with van der Waals surface area (Å²) in [7, 11) is 1.29. The zero-order chi connectivity index (χ0) is 8.10. The molecule has 0 aliphatic heterocycles. The van der Waals surface area contributed by atoms with Gasteiger partial charge in [0.15, 0.2) is 0 Å². The first-order valence-corrected chi connectivity index (χ1v) is 3.94. The standard InChI is InChI=1S/C7H8O3S/c1-9-7(8)10-5-6-3-2-4-11-6/h2-4H,5H2,1H3. The Labute approximate surface area is 68.6 Å². The maximum atomic E-state index is 10.5. The number of carbonyl (C=O) groups is 1. The van der Waals surface area contributed by atoms with E-state index in [9.17, 15) is 4.79 Å². The summed E-state index contributed by atoms with van der Waals surface area (Å²) in [5, 5.41) is 1.93. The van der Waals surface area contributed by atoms with E-state index in [2.05, 4.69) is 9.47 Å². The fourth-order valence-corrected chi connectivity index (χ4v) is 1.20. The van der Waals surface area contributed by atoms with Crippen molar-refractivity contribution in [3.8, 4) is 0 Å². The molecule has 1 aromatic rings. The van der Waals surface area contributed by atoms with Crippen LogP contribution in [-0.4, -0.2) is 13.3 Å². The van der Waals surface area contributed by atoms with Crippen molar-refractivity contribution < 1.29 is 14.3 Å². The van der Waals surface area contributed by atoms with Gasteiger partial charge >= 0.3 is 6.16 Å². The average molecular weight is 172 g/mol. The Morgan fingerprint density at radius 1 is 1.73 bits per heavy atom. The highest BCUT2D eigenvalue weighted by Gasteiger charge is 2.00. The van der Waals surface area contributed by atoms with Crippen molar-refractivity contribution >= 4 is 17.5 Å². The van der Waals surface area contributed by atoms with E-state index < -0.39 is 6.16 Å². The summed E-state index contributed by atoms with van der Waals surface area (Å²) in [6.45, 7) is 0.296. The smallest absolute Gasteiger partial charge is 0.438 e.